The summed E-state index contributed by atoms with van der Waals surface area (Å²) in [6.45, 7) is 8.64. The molecule has 5 nitrogen and oxygen atoms in total. The minimum absolute atomic E-state index is 0. The van der Waals surface area contributed by atoms with Gasteiger partial charge in [0.2, 0.25) is 0 Å². The molecule has 1 aliphatic rings. The van der Waals surface area contributed by atoms with Gasteiger partial charge in [-0.1, -0.05) is 13.3 Å². The number of guanidine groups is 1. The topological polar surface area (TPSA) is 76.7 Å². The van der Waals surface area contributed by atoms with E-state index in [1.807, 2.05) is 20.8 Å². The number of halogens is 1. The van der Waals surface area contributed by atoms with Crippen molar-refractivity contribution in [2.24, 2.45) is 16.6 Å². The molecule has 6 heteroatoms. The van der Waals surface area contributed by atoms with Crippen molar-refractivity contribution in [1.82, 2.24) is 5.32 Å². The Bertz CT molecular complexity index is 359. The summed E-state index contributed by atoms with van der Waals surface area (Å²) in [5.74, 6) is 0.496. The van der Waals surface area contributed by atoms with Crippen LogP contribution >= 0.6 is 24.0 Å². The Morgan fingerprint density at radius 1 is 1.27 bits per heavy atom. The van der Waals surface area contributed by atoms with Gasteiger partial charge in [-0.2, -0.15) is 0 Å². The van der Waals surface area contributed by atoms with Gasteiger partial charge in [-0.15, -0.1) is 24.0 Å². The van der Waals surface area contributed by atoms with Crippen LogP contribution in [0.4, 0.5) is 0 Å². The molecule has 0 spiro atoms. The first-order valence-electron chi connectivity index (χ1n) is 8.11. The van der Waals surface area contributed by atoms with Gasteiger partial charge in [0.1, 0.15) is 5.60 Å². The Morgan fingerprint density at radius 3 is 2.36 bits per heavy atom. The van der Waals surface area contributed by atoms with Gasteiger partial charge >= 0.3 is 5.97 Å². The van der Waals surface area contributed by atoms with Crippen molar-refractivity contribution in [2.45, 2.75) is 77.9 Å². The van der Waals surface area contributed by atoms with Gasteiger partial charge in [-0.05, 0) is 52.9 Å². The summed E-state index contributed by atoms with van der Waals surface area (Å²) in [4.78, 5) is 16.3. The minimum atomic E-state index is -0.400. The van der Waals surface area contributed by atoms with Crippen LogP contribution in [0.3, 0.4) is 0 Å². The lowest BCUT2D eigenvalue weighted by atomic mass is 9.86. The van der Waals surface area contributed by atoms with E-state index < -0.39 is 5.60 Å². The molecule has 0 unspecified atom stereocenters. The van der Waals surface area contributed by atoms with Gasteiger partial charge in [-0.3, -0.25) is 9.79 Å². The first-order valence-corrected chi connectivity index (χ1v) is 8.11. The molecular formula is C16H32IN3O2. The van der Waals surface area contributed by atoms with Crippen LogP contribution < -0.4 is 11.1 Å². The Morgan fingerprint density at radius 2 is 1.86 bits per heavy atom. The number of carbonyl (C=O) groups is 1. The fraction of sp³-hybridized carbons (Fsp3) is 0.875. The predicted molar refractivity (Wildman–Crippen MR) is 102 cm³/mol. The van der Waals surface area contributed by atoms with Crippen molar-refractivity contribution in [2.75, 3.05) is 6.54 Å². The molecule has 0 amide bonds. The number of rotatable bonds is 5. The second-order valence-electron chi connectivity index (χ2n) is 6.85. The Balaban J connectivity index is 0.00000441. The number of esters is 1. The maximum absolute atomic E-state index is 12.0. The number of unbranched alkanes of at least 4 members (excludes halogenated alkanes) is 1. The van der Waals surface area contributed by atoms with E-state index in [9.17, 15) is 4.79 Å². The highest BCUT2D eigenvalue weighted by Crippen LogP contribution is 2.26. The quantitative estimate of drug-likeness (QED) is 0.233. The fourth-order valence-corrected chi connectivity index (χ4v) is 2.47. The predicted octanol–water partition coefficient (Wildman–Crippen LogP) is 3.21. The average Bonchev–Trinajstić information content (AvgIpc) is 2.38. The standard InChI is InChI=1S/C16H31N3O2.HI/c1-5-6-11-18-15(17)19-13-9-7-12(8-10-13)14(20)21-16(2,3)4;/h12-13H,5-11H2,1-4H3,(H3,17,18,19);1H. The molecule has 0 aromatic rings. The molecule has 0 aromatic heterocycles. The molecule has 0 radical (unpaired) electrons. The molecule has 0 aliphatic heterocycles. The van der Waals surface area contributed by atoms with E-state index in [-0.39, 0.29) is 35.9 Å². The van der Waals surface area contributed by atoms with E-state index in [2.05, 4.69) is 17.2 Å². The first kappa shape index (κ1) is 21.5. The molecular weight excluding hydrogens is 393 g/mol. The summed E-state index contributed by atoms with van der Waals surface area (Å²) in [5, 5.41) is 3.26. The summed E-state index contributed by atoms with van der Waals surface area (Å²) in [6, 6.07) is 0.328. The second-order valence-corrected chi connectivity index (χ2v) is 6.85. The number of hydrogen-bond donors (Lipinski definition) is 2. The smallest absolute Gasteiger partial charge is 0.309 e. The molecule has 0 aromatic carbocycles. The molecule has 22 heavy (non-hydrogen) atoms. The van der Waals surface area contributed by atoms with E-state index in [0.717, 1.165) is 45.1 Å². The van der Waals surface area contributed by atoms with Crippen LogP contribution in [0.1, 0.15) is 66.2 Å². The highest BCUT2D eigenvalue weighted by molar-refractivity contribution is 14.0. The lowest BCUT2D eigenvalue weighted by molar-refractivity contribution is -0.161. The number of aliphatic imine (C=N–C) groups is 1. The molecule has 0 heterocycles. The molecule has 1 aliphatic carbocycles. The molecule has 0 atom stereocenters. The number of nitrogens with two attached hydrogens (primary N) is 1. The van der Waals surface area contributed by atoms with Crippen molar-refractivity contribution in [3.63, 3.8) is 0 Å². The van der Waals surface area contributed by atoms with Crippen LogP contribution in [0.25, 0.3) is 0 Å². The summed E-state index contributed by atoms with van der Waals surface area (Å²) in [7, 11) is 0. The molecule has 3 N–H and O–H groups in total. The number of nitrogens with one attached hydrogen (secondary N) is 1. The number of nitrogens with zero attached hydrogens (tertiary/aromatic N) is 1. The zero-order valence-electron chi connectivity index (χ0n) is 14.4. The van der Waals surface area contributed by atoms with Crippen LogP contribution in [0, 0.1) is 5.92 Å². The molecule has 130 valence electrons. The van der Waals surface area contributed by atoms with E-state index in [0.29, 0.717) is 12.0 Å². The van der Waals surface area contributed by atoms with Crippen LogP contribution in [0.5, 0.6) is 0 Å². The lowest BCUT2D eigenvalue weighted by Crippen LogP contribution is -2.43. The highest BCUT2D eigenvalue weighted by atomic mass is 127. The summed E-state index contributed by atoms with van der Waals surface area (Å²) in [5.41, 5.74) is 5.47. The normalized spacial score (nSPS) is 22.6. The van der Waals surface area contributed by atoms with E-state index in [1.165, 1.54) is 0 Å². The summed E-state index contributed by atoms with van der Waals surface area (Å²) >= 11 is 0. The SMILES string of the molecule is CCCCN=C(N)NC1CCC(C(=O)OC(C)(C)C)CC1.I. The van der Waals surface area contributed by atoms with Crippen LogP contribution in [-0.2, 0) is 9.53 Å². The largest absolute Gasteiger partial charge is 0.460 e. The zero-order valence-corrected chi connectivity index (χ0v) is 16.7. The fourth-order valence-electron chi connectivity index (χ4n) is 2.47. The Labute approximate surface area is 151 Å². The number of ether oxygens (including phenoxy) is 1. The van der Waals surface area contributed by atoms with Crippen molar-refractivity contribution >= 4 is 35.9 Å². The summed E-state index contributed by atoms with van der Waals surface area (Å²) < 4.78 is 5.45. The lowest BCUT2D eigenvalue weighted by Gasteiger charge is -2.30. The van der Waals surface area contributed by atoms with E-state index >= 15 is 0 Å². The third-order valence-electron chi connectivity index (χ3n) is 3.61. The zero-order chi connectivity index (χ0) is 15.9. The van der Waals surface area contributed by atoms with Crippen LogP contribution in [0.15, 0.2) is 4.99 Å². The van der Waals surface area contributed by atoms with Crippen molar-refractivity contribution in [3.8, 4) is 0 Å². The molecule has 1 rings (SSSR count). The third kappa shape index (κ3) is 8.80. The van der Waals surface area contributed by atoms with Crippen molar-refractivity contribution in [3.05, 3.63) is 0 Å². The number of carbonyl (C=O) groups excluding carboxylic acids is 1. The van der Waals surface area contributed by atoms with Gasteiger partial charge in [0.25, 0.3) is 0 Å². The molecule has 1 saturated carbocycles. The van der Waals surface area contributed by atoms with E-state index in [1.54, 1.807) is 0 Å². The summed E-state index contributed by atoms with van der Waals surface area (Å²) in [6.07, 6.45) is 5.77. The maximum Gasteiger partial charge on any atom is 0.309 e. The number of hydrogen-bond acceptors (Lipinski definition) is 3. The van der Waals surface area contributed by atoms with Gasteiger partial charge < -0.3 is 15.8 Å². The van der Waals surface area contributed by atoms with Crippen molar-refractivity contribution < 1.29 is 9.53 Å². The van der Waals surface area contributed by atoms with Gasteiger partial charge in [-0.25, -0.2) is 0 Å². The molecule has 0 saturated heterocycles. The minimum Gasteiger partial charge on any atom is -0.460 e. The average molecular weight is 425 g/mol. The Kier molecular flexibility index (Phi) is 10.0. The van der Waals surface area contributed by atoms with Gasteiger partial charge in [0.05, 0.1) is 5.92 Å². The maximum atomic E-state index is 12.0. The van der Waals surface area contributed by atoms with E-state index in [4.69, 9.17) is 10.5 Å². The Hall–Kier alpha value is -0.530. The van der Waals surface area contributed by atoms with Crippen LogP contribution in [0.2, 0.25) is 0 Å². The van der Waals surface area contributed by atoms with Crippen molar-refractivity contribution in [1.29, 1.82) is 0 Å². The van der Waals surface area contributed by atoms with Crippen LogP contribution in [-0.4, -0.2) is 30.1 Å². The third-order valence-corrected chi connectivity index (χ3v) is 3.61. The monoisotopic (exact) mass is 425 g/mol. The molecule has 1 fully saturated rings. The first-order chi connectivity index (χ1) is 9.81. The second kappa shape index (κ2) is 10.3. The molecule has 0 bridgehead atoms. The van der Waals surface area contributed by atoms with Gasteiger partial charge in [0, 0.05) is 12.6 Å². The van der Waals surface area contributed by atoms with Gasteiger partial charge in [0.15, 0.2) is 5.96 Å². The highest BCUT2D eigenvalue weighted by Gasteiger charge is 2.29.